The number of aryl methyl sites for hydroxylation is 1. The Morgan fingerprint density at radius 3 is 2.39 bits per heavy atom. The smallest absolute Gasteiger partial charge is 0.325 e. The molecule has 0 radical (unpaired) electrons. The average Bonchev–Trinajstić information content (AvgIpc) is 2.91. The van der Waals surface area contributed by atoms with Crippen LogP contribution in [0.5, 0.6) is 0 Å². The molecule has 0 aromatic heterocycles. The molecule has 2 atom stereocenters. The number of carbonyl (C=O) groups is 3. The Labute approximate surface area is 164 Å². The van der Waals surface area contributed by atoms with Crippen LogP contribution in [-0.2, 0) is 15.1 Å². The van der Waals surface area contributed by atoms with E-state index in [0.29, 0.717) is 12.1 Å². The van der Waals surface area contributed by atoms with Crippen molar-refractivity contribution in [3.05, 3.63) is 71.3 Å². The first-order chi connectivity index (χ1) is 13.3. The topological polar surface area (TPSA) is 78.5 Å². The Hall–Kier alpha value is -3.15. The molecule has 0 aliphatic carbocycles. The SMILES string of the molecule is Cc1ccc(C2(C)NC(=O)N(CC(=O)NCC(C)c3ccccc3)C2=O)cc1. The molecule has 2 unspecified atom stereocenters. The molecule has 1 aliphatic heterocycles. The summed E-state index contributed by atoms with van der Waals surface area (Å²) in [6.07, 6.45) is 0. The van der Waals surface area contributed by atoms with Gasteiger partial charge in [0.2, 0.25) is 5.91 Å². The van der Waals surface area contributed by atoms with Crippen molar-refractivity contribution in [2.45, 2.75) is 32.2 Å². The van der Waals surface area contributed by atoms with Crippen LogP contribution in [0.3, 0.4) is 0 Å². The Bertz CT molecular complexity index is 880. The molecule has 4 amide bonds. The number of imide groups is 1. The van der Waals surface area contributed by atoms with Gasteiger partial charge in [-0.25, -0.2) is 4.79 Å². The van der Waals surface area contributed by atoms with Gasteiger partial charge >= 0.3 is 6.03 Å². The van der Waals surface area contributed by atoms with Gasteiger partial charge in [0, 0.05) is 6.54 Å². The van der Waals surface area contributed by atoms with Crippen LogP contribution in [-0.4, -0.2) is 35.8 Å². The molecule has 1 fully saturated rings. The molecule has 0 bridgehead atoms. The molecule has 0 saturated carbocycles. The number of hydrogen-bond donors (Lipinski definition) is 2. The lowest BCUT2D eigenvalue weighted by molar-refractivity contribution is -0.134. The molecule has 6 heteroatoms. The number of hydrogen-bond acceptors (Lipinski definition) is 3. The van der Waals surface area contributed by atoms with Gasteiger partial charge in [-0.2, -0.15) is 0 Å². The third-order valence-corrected chi connectivity index (χ3v) is 5.18. The van der Waals surface area contributed by atoms with E-state index in [1.54, 1.807) is 6.92 Å². The van der Waals surface area contributed by atoms with Crippen molar-refractivity contribution in [3.63, 3.8) is 0 Å². The van der Waals surface area contributed by atoms with Crippen LogP contribution in [0.4, 0.5) is 4.79 Å². The molecule has 2 aromatic rings. The number of urea groups is 1. The van der Waals surface area contributed by atoms with E-state index in [0.717, 1.165) is 16.0 Å². The lowest BCUT2D eigenvalue weighted by Crippen LogP contribution is -2.43. The maximum Gasteiger partial charge on any atom is 0.325 e. The Morgan fingerprint density at radius 1 is 1.11 bits per heavy atom. The van der Waals surface area contributed by atoms with Crippen molar-refractivity contribution in [1.29, 1.82) is 0 Å². The summed E-state index contributed by atoms with van der Waals surface area (Å²) in [5.74, 6) is -0.655. The predicted molar refractivity (Wildman–Crippen MR) is 107 cm³/mol. The van der Waals surface area contributed by atoms with Gasteiger partial charge in [-0.05, 0) is 30.9 Å². The van der Waals surface area contributed by atoms with Gasteiger partial charge < -0.3 is 10.6 Å². The Kier molecular flexibility index (Phi) is 5.49. The summed E-state index contributed by atoms with van der Waals surface area (Å²) in [7, 11) is 0. The molecular formula is C22H25N3O3. The minimum atomic E-state index is -1.16. The largest absolute Gasteiger partial charge is 0.354 e. The fourth-order valence-electron chi connectivity index (χ4n) is 3.29. The molecular weight excluding hydrogens is 354 g/mol. The normalized spacial score (nSPS) is 20.0. The molecule has 0 spiro atoms. The van der Waals surface area contributed by atoms with Crippen molar-refractivity contribution in [3.8, 4) is 0 Å². The molecule has 2 aromatic carbocycles. The highest BCUT2D eigenvalue weighted by molar-refractivity contribution is 6.09. The van der Waals surface area contributed by atoms with Gasteiger partial charge in [-0.15, -0.1) is 0 Å². The third kappa shape index (κ3) is 3.91. The van der Waals surface area contributed by atoms with Crippen LogP contribution >= 0.6 is 0 Å². The van der Waals surface area contributed by atoms with Crippen LogP contribution in [0, 0.1) is 6.92 Å². The maximum absolute atomic E-state index is 12.9. The van der Waals surface area contributed by atoms with Gasteiger partial charge in [0.05, 0.1) is 0 Å². The van der Waals surface area contributed by atoms with E-state index in [1.165, 1.54) is 0 Å². The number of nitrogens with zero attached hydrogens (tertiary/aromatic N) is 1. The number of amides is 4. The van der Waals surface area contributed by atoms with Crippen molar-refractivity contribution in [2.75, 3.05) is 13.1 Å². The quantitative estimate of drug-likeness (QED) is 0.758. The van der Waals surface area contributed by atoms with Crippen molar-refractivity contribution in [2.24, 2.45) is 0 Å². The van der Waals surface area contributed by atoms with E-state index in [9.17, 15) is 14.4 Å². The zero-order valence-corrected chi connectivity index (χ0v) is 16.4. The number of benzene rings is 2. The maximum atomic E-state index is 12.9. The zero-order chi connectivity index (χ0) is 20.3. The second-order valence-corrected chi connectivity index (χ2v) is 7.43. The minimum Gasteiger partial charge on any atom is -0.354 e. The van der Waals surface area contributed by atoms with Gasteiger partial charge in [0.25, 0.3) is 5.91 Å². The lowest BCUT2D eigenvalue weighted by atomic mass is 9.91. The van der Waals surface area contributed by atoms with E-state index < -0.39 is 17.5 Å². The van der Waals surface area contributed by atoms with E-state index in [-0.39, 0.29) is 18.4 Å². The van der Waals surface area contributed by atoms with Gasteiger partial charge in [-0.3, -0.25) is 14.5 Å². The zero-order valence-electron chi connectivity index (χ0n) is 16.4. The van der Waals surface area contributed by atoms with Crippen molar-refractivity contribution < 1.29 is 14.4 Å². The third-order valence-electron chi connectivity index (χ3n) is 5.18. The molecule has 146 valence electrons. The molecule has 1 saturated heterocycles. The summed E-state index contributed by atoms with van der Waals surface area (Å²) < 4.78 is 0. The standard InChI is InChI=1S/C22H25N3O3/c1-15-9-11-18(12-10-15)22(3)20(27)25(21(28)24-22)14-19(26)23-13-16(2)17-7-5-4-6-8-17/h4-12,16H,13-14H2,1-3H3,(H,23,26)(H,24,28). The van der Waals surface area contributed by atoms with Crippen LogP contribution in [0.15, 0.2) is 54.6 Å². The highest BCUT2D eigenvalue weighted by atomic mass is 16.2. The van der Waals surface area contributed by atoms with Gasteiger partial charge in [0.15, 0.2) is 0 Å². The van der Waals surface area contributed by atoms with E-state index in [4.69, 9.17) is 0 Å². The molecule has 1 heterocycles. The summed E-state index contributed by atoms with van der Waals surface area (Å²) in [5, 5.41) is 5.53. The minimum absolute atomic E-state index is 0.131. The first-order valence-electron chi connectivity index (χ1n) is 9.34. The van der Waals surface area contributed by atoms with Crippen LogP contribution in [0.2, 0.25) is 0 Å². The Balaban J connectivity index is 1.62. The average molecular weight is 379 g/mol. The molecule has 2 N–H and O–H groups in total. The van der Waals surface area contributed by atoms with Gasteiger partial charge in [0.1, 0.15) is 12.1 Å². The molecule has 1 aliphatic rings. The van der Waals surface area contributed by atoms with Crippen LogP contribution in [0.25, 0.3) is 0 Å². The van der Waals surface area contributed by atoms with E-state index in [2.05, 4.69) is 10.6 Å². The first kappa shape index (κ1) is 19.6. The monoisotopic (exact) mass is 379 g/mol. The second kappa shape index (κ2) is 7.84. The summed E-state index contributed by atoms with van der Waals surface area (Å²) in [6, 6.07) is 16.7. The van der Waals surface area contributed by atoms with Crippen molar-refractivity contribution in [1.82, 2.24) is 15.5 Å². The summed E-state index contributed by atoms with van der Waals surface area (Å²) in [6.45, 7) is 5.76. The highest BCUT2D eigenvalue weighted by Gasteiger charge is 2.49. The first-order valence-corrected chi connectivity index (χ1v) is 9.34. The summed E-state index contributed by atoms with van der Waals surface area (Å²) >= 11 is 0. The fourth-order valence-corrected chi connectivity index (χ4v) is 3.29. The molecule has 28 heavy (non-hydrogen) atoms. The summed E-state index contributed by atoms with van der Waals surface area (Å²) in [4.78, 5) is 38.5. The fraction of sp³-hybridized carbons (Fsp3) is 0.318. The molecule has 6 nitrogen and oxygen atoms in total. The van der Waals surface area contributed by atoms with E-state index >= 15 is 0 Å². The van der Waals surface area contributed by atoms with Gasteiger partial charge in [-0.1, -0.05) is 67.1 Å². The highest BCUT2D eigenvalue weighted by Crippen LogP contribution is 2.28. The van der Waals surface area contributed by atoms with Crippen LogP contribution < -0.4 is 10.6 Å². The number of rotatable bonds is 6. The number of nitrogens with one attached hydrogen (secondary N) is 2. The predicted octanol–water partition coefficient (Wildman–Crippen LogP) is 2.68. The Morgan fingerprint density at radius 2 is 1.75 bits per heavy atom. The van der Waals surface area contributed by atoms with Crippen molar-refractivity contribution >= 4 is 17.8 Å². The van der Waals surface area contributed by atoms with E-state index in [1.807, 2.05) is 68.4 Å². The molecule has 3 rings (SSSR count). The lowest BCUT2D eigenvalue weighted by Gasteiger charge is -2.22. The van der Waals surface area contributed by atoms with Crippen LogP contribution in [0.1, 0.15) is 36.5 Å². The second-order valence-electron chi connectivity index (χ2n) is 7.43. The summed E-state index contributed by atoms with van der Waals surface area (Å²) in [5.41, 5.74) is 1.71. The number of carbonyl (C=O) groups excluding carboxylic acids is 3.